The van der Waals surface area contributed by atoms with Gasteiger partial charge in [-0.15, -0.1) is 0 Å². The lowest BCUT2D eigenvalue weighted by molar-refractivity contribution is -0.386. The van der Waals surface area contributed by atoms with Gasteiger partial charge in [-0.25, -0.2) is 68.1 Å². The molecular weight excluding hydrogens is 1640 g/mol. The maximum Gasteiger partial charge on any atom is 0.296 e. The van der Waals surface area contributed by atoms with E-state index in [1.54, 1.807) is 27.7 Å². The highest BCUT2D eigenvalue weighted by molar-refractivity contribution is 6.31. The predicted molar refractivity (Wildman–Crippen MR) is 413 cm³/mol. The summed E-state index contributed by atoms with van der Waals surface area (Å²) < 4.78 is 41.2. The first-order valence-electron chi connectivity index (χ1n) is 34.5. The molecule has 16 rings (SSSR count). The fourth-order valence-electron chi connectivity index (χ4n) is 12.6. The van der Waals surface area contributed by atoms with Gasteiger partial charge in [-0.2, -0.15) is 10.5 Å². The molecule has 6 heterocycles. The zero-order valence-electron chi connectivity index (χ0n) is 62.4. The Morgan fingerprint density at radius 1 is 0.275 bits per heavy atom. The Kier molecular flexibility index (Phi) is 23.8. The zero-order valence-corrected chi connectivity index (χ0v) is 64.6. The molecule has 0 saturated carbocycles. The number of nitriles is 2. The zero-order chi connectivity index (χ0) is 87.5. The van der Waals surface area contributed by atoms with Crippen molar-refractivity contribution in [1.82, 2.24) is 0 Å². The van der Waals surface area contributed by atoms with E-state index in [0.717, 1.165) is 47.5 Å². The molecule has 604 valence electrons. The lowest BCUT2D eigenvalue weighted by Crippen LogP contribution is -2.28. The van der Waals surface area contributed by atoms with Crippen molar-refractivity contribution in [3.05, 3.63) is 382 Å². The smallest absolute Gasteiger partial charge is 0.258 e. The van der Waals surface area contributed by atoms with E-state index in [1.165, 1.54) is 91.9 Å². The maximum absolute atomic E-state index is 13.9. The normalized spacial score (nSPS) is 19.8. The second kappa shape index (κ2) is 33.5. The number of benzene rings is 10. The van der Waals surface area contributed by atoms with Gasteiger partial charge in [-0.05, 0) is 102 Å². The third-order valence-electron chi connectivity index (χ3n) is 18.4. The van der Waals surface area contributed by atoms with Crippen molar-refractivity contribution in [3.63, 3.8) is 0 Å². The second-order valence-electron chi connectivity index (χ2n) is 27.0. The van der Waals surface area contributed by atoms with E-state index in [0.29, 0.717) is 31.9 Å². The molecule has 0 radical (unpaired) electrons. The van der Waals surface area contributed by atoms with Crippen LogP contribution in [0.3, 0.4) is 0 Å². The average molecular weight is 1690 g/mol. The van der Waals surface area contributed by atoms with Gasteiger partial charge in [-0.1, -0.05) is 95.5 Å². The SMILES string of the molecule is CC1(CC#N)N=c2c(Cl)ccc([N+](=O)[O-])c2=N1.CC1(CC#N)N=c2c(F)ccc([N+](=O)[O-])c2=N1.CC1(c2ccc([N+](=O)[O-])cc2)N=c2c(Cl)ccc([N+](=O)[O-])c2=N1.CC1(c2ccc([N+](=O)[O-])cc2)N=c2c(F)ccc([N+](=O)[O-])c2=N1.CC1(c2ccccc2)N=c2c(Cl)ccc([N+](=O)[O-])c2=N1.CC1(c2ccccc2)N=c2c(F)ccc([N+](=O)[O-])c2=N1. The molecule has 0 aliphatic carbocycles. The Balaban J connectivity index is 0.000000141. The number of hydrogen-bond donors (Lipinski definition) is 0. The van der Waals surface area contributed by atoms with E-state index in [9.17, 15) is 94.1 Å². The van der Waals surface area contributed by atoms with Crippen LogP contribution in [0.5, 0.6) is 0 Å². The lowest BCUT2D eigenvalue weighted by atomic mass is 10.0. The van der Waals surface area contributed by atoms with Crippen LogP contribution in [-0.4, -0.2) is 50.7 Å². The Bertz CT molecular complexity index is 6620. The van der Waals surface area contributed by atoms with Crippen LogP contribution in [-0.2, 0) is 22.7 Å². The third kappa shape index (κ3) is 17.4. The van der Waals surface area contributed by atoms with Crippen molar-refractivity contribution in [2.45, 2.75) is 88.4 Å². The molecule has 0 bridgehead atoms. The first kappa shape index (κ1) is 85.5. The summed E-state index contributed by atoms with van der Waals surface area (Å²) >= 11 is 18.1. The molecule has 0 spiro atoms. The quantitative estimate of drug-likeness (QED) is 0.0721. The highest BCUT2D eigenvalue weighted by Crippen LogP contribution is 2.34. The van der Waals surface area contributed by atoms with Crippen LogP contribution in [0.1, 0.15) is 76.6 Å². The van der Waals surface area contributed by atoms with Crippen LogP contribution in [0.15, 0.2) is 242 Å². The fraction of sp³-hybridized carbons (Fsp3) is 0.184. The summed E-state index contributed by atoms with van der Waals surface area (Å²) in [6, 6.07) is 47.9. The molecule has 6 atom stereocenters. The van der Waals surface area contributed by atoms with Gasteiger partial charge in [0.15, 0.2) is 83.6 Å². The predicted octanol–water partition coefficient (Wildman–Crippen LogP) is 10.0. The van der Waals surface area contributed by atoms with Gasteiger partial charge in [0.2, 0.25) is 0 Å². The second-order valence-corrected chi connectivity index (χ2v) is 28.2. The highest BCUT2D eigenvalue weighted by Gasteiger charge is 2.38. The van der Waals surface area contributed by atoms with Gasteiger partial charge in [0.05, 0.1) is 79.4 Å². The van der Waals surface area contributed by atoms with Crippen molar-refractivity contribution < 1.29 is 52.6 Å². The van der Waals surface area contributed by atoms with E-state index in [2.05, 4.69) is 59.9 Å². The Morgan fingerprint density at radius 3 is 0.742 bits per heavy atom. The molecule has 0 amide bonds. The van der Waals surface area contributed by atoms with E-state index >= 15 is 0 Å². The molecule has 6 unspecified atom stereocenters. The van der Waals surface area contributed by atoms with Gasteiger partial charge < -0.3 is 0 Å². The van der Waals surface area contributed by atoms with Gasteiger partial charge in [0, 0.05) is 82.9 Å². The molecule has 0 saturated heterocycles. The first-order valence-corrected chi connectivity index (χ1v) is 35.6. The molecule has 38 nitrogen and oxygen atoms in total. The Labute approximate surface area is 682 Å². The van der Waals surface area contributed by atoms with E-state index in [1.807, 2.05) is 79.7 Å². The molecule has 10 aromatic carbocycles. The summed E-state index contributed by atoms with van der Waals surface area (Å²) in [5.41, 5.74) is -5.19. The van der Waals surface area contributed by atoms with Crippen molar-refractivity contribution in [1.29, 1.82) is 10.5 Å². The minimum atomic E-state index is -1.27. The number of nitro groups is 8. The van der Waals surface area contributed by atoms with Crippen molar-refractivity contribution >= 4 is 80.3 Å². The summed E-state index contributed by atoms with van der Waals surface area (Å²) in [7, 11) is 0. The van der Waals surface area contributed by atoms with Gasteiger partial charge in [0.25, 0.3) is 45.5 Å². The van der Waals surface area contributed by atoms with Crippen LogP contribution in [0.25, 0.3) is 0 Å². The minimum absolute atomic E-state index is 0.00125. The van der Waals surface area contributed by atoms with Crippen LogP contribution >= 0.6 is 34.8 Å². The molecule has 6 aliphatic heterocycles. The maximum atomic E-state index is 13.9. The molecule has 0 fully saturated rings. The number of halogens is 6. The molecular formula is C76H52Cl3F3N22O16. The van der Waals surface area contributed by atoms with E-state index in [4.69, 9.17) is 45.3 Å². The lowest BCUT2D eigenvalue weighted by Gasteiger charge is -2.17. The van der Waals surface area contributed by atoms with E-state index in [-0.39, 0.29) is 117 Å². The van der Waals surface area contributed by atoms with Gasteiger partial charge in [0.1, 0.15) is 32.1 Å². The molecule has 6 aliphatic rings. The number of hydrogen-bond acceptors (Lipinski definition) is 30. The number of rotatable bonds is 14. The Hall–Kier alpha value is -15.4. The topological polar surface area (TPSA) is 541 Å². The average Bonchev–Trinajstić information content (AvgIpc) is 1.49. The van der Waals surface area contributed by atoms with Crippen LogP contribution in [0, 0.1) is 121 Å². The Morgan fingerprint density at radius 2 is 0.475 bits per heavy atom. The summed E-state index contributed by atoms with van der Waals surface area (Å²) in [6.07, 6.45) is -0.00651. The summed E-state index contributed by atoms with van der Waals surface area (Å²) in [6.45, 7) is 9.88. The highest BCUT2D eigenvalue weighted by atomic mass is 35.5. The molecule has 0 N–H and O–H groups in total. The first-order chi connectivity index (χ1) is 56.6. The summed E-state index contributed by atoms with van der Waals surface area (Å²) in [5, 5.41) is 106. The fourth-order valence-corrected chi connectivity index (χ4v) is 13.2. The summed E-state index contributed by atoms with van der Waals surface area (Å²) in [4.78, 5) is 134. The molecule has 44 heteroatoms. The summed E-state index contributed by atoms with van der Waals surface area (Å²) in [5.74, 6) is -1.98. The number of fused-ring (bicyclic) bond motifs is 6. The van der Waals surface area contributed by atoms with Crippen molar-refractivity contribution in [2.75, 3.05) is 0 Å². The number of nitrogens with zero attached hydrogens (tertiary/aromatic N) is 22. The minimum Gasteiger partial charge on any atom is -0.258 e. The monoisotopic (exact) mass is 1690 g/mol. The molecule has 10 aromatic rings. The van der Waals surface area contributed by atoms with Crippen molar-refractivity contribution in [2.24, 2.45) is 59.9 Å². The molecule has 120 heavy (non-hydrogen) atoms. The standard InChI is InChI=1S/C14H9ClN4O4.C14H10ClN3O2.C14H9FN4O4.C14H10FN3O2.C10H7ClN4O2.C10H7FN4O2/c1-14(8-2-4-9(5-3-8)18(20)21)16-12-10(15)6-7-11(19(22)23)13(12)17-14;1-14(9-5-3-2-4-6-9)16-12-10(15)7-8-11(18(19)20)13(12)17-14;1-14(8-2-4-9(5-3-8)18(20)21)16-12-10(15)6-7-11(19(22)23)13(12)17-14;1-14(9-5-3-2-4-6-9)16-12-10(15)7-8-11(18(19)20)13(12)17-14;2*1-10(4-5-12)13-8-6(11)2-3-7(15(16)17)9(8)14-10/h2-7H,1H3;2-8H,1H3;2-7H,1H3;2-8H,1H3;2*2-3H,4H2,1H3. The number of nitro benzene ring substituents is 8. The molecule has 0 aromatic heterocycles. The number of non-ortho nitro benzene ring substituents is 8. The van der Waals surface area contributed by atoms with Crippen LogP contribution < -0.4 is 64.3 Å². The third-order valence-corrected chi connectivity index (χ3v) is 19.3. The van der Waals surface area contributed by atoms with E-state index < -0.39 is 90.8 Å². The van der Waals surface area contributed by atoms with Crippen LogP contribution in [0.4, 0.5) is 58.7 Å². The van der Waals surface area contributed by atoms with Gasteiger partial charge in [-0.3, -0.25) is 85.9 Å². The van der Waals surface area contributed by atoms with Gasteiger partial charge >= 0.3 is 0 Å². The van der Waals surface area contributed by atoms with Crippen molar-refractivity contribution in [3.8, 4) is 12.1 Å². The largest absolute Gasteiger partial charge is 0.296 e. The van der Waals surface area contributed by atoms with Crippen LogP contribution in [0.2, 0.25) is 15.1 Å².